The molecule has 1 amide bonds. The molecule has 1 saturated heterocycles. The van der Waals surface area contributed by atoms with Crippen LogP contribution in [-0.2, 0) is 27.7 Å². The number of rotatable bonds is 4. The van der Waals surface area contributed by atoms with Crippen molar-refractivity contribution in [3.8, 4) is 11.5 Å². The van der Waals surface area contributed by atoms with Crippen molar-refractivity contribution in [1.29, 1.82) is 0 Å². The number of hydrogen-bond acceptors (Lipinski definition) is 5. The van der Waals surface area contributed by atoms with Crippen LogP contribution in [0, 0.1) is 5.92 Å². The number of piperidine rings is 1. The third-order valence-electron chi connectivity index (χ3n) is 6.42. The van der Waals surface area contributed by atoms with Crippen molar-refractivity contribution < 1.29 is 22.7 Å². The first-order chi connectivity index (χ1) is 15.0. The SMILES string of the molecule is O=C(Nc1ccc2c(c1)OCO2)C1CCN(S(=O)(=O)c2ccc3c(c2)CCCC3)CC1. The molecule has 0 spiro atoms. The van der Waals surface area contributed by atoms with Gasteiger partial charge in [0, 0.05) is 30.8 Å². The Morgan fingerprint density at radius 3 is 2.48 bits per heavy atom. The lowest BCUT2D eigenvalue weighted by Crippen LogP contribution is -2.41. The number of carbonyl (C=O) groups is 1. The van der Waals surface area contributed by atoms with Crippen molar-refractivity contribution in [2.45, 2.75) is 43.4 Å². The highest BCUT2D eigenvalue weighted by molar-refractivity contribution is 7.89. The number of benzene rings is 2. The van der Waals surface area contributed by atoms with Gasteiger partial charge >= 0.3 is 0 Å². The first kappa shape index (κ1) is 20.3. The van der Waals surface area contributed by atoms with Crippen LogP contribution in [0.5, 0.6) is 11.5 Å². The molecule has 0 bridgehead atoms. The lowest BCUT2D eigenvalue weighted by atomic mass is 9.92. The zero-order chi connectivity index (χ0) is 21.4. The lowest BCUT2D eigenvalue weighted by Gasteiger charge is -2.31. The Hall–Kier alpha value is -2.58. The predicted molar refractivity (Wildman–Crippen MR) is 116 cm³/mol. The molecule has 1 N–H and O–H groups in total. The number of ether oxygens (including phenoxy) is 2. The Labute approximate surface area is 182 Å². The fourth-order valence-corrected chi connectivity index (χ4v) is 6.12. The van der Waals surface area contributed by atoms with Gasteiger partial charge in [0.25, 0.3) is 0 Å². The predicted octanol–water partition coefficient (Wildman–Crippen LogP) is 3.33. The molecular weight excluding hydrogens is 416 g/mol. The summed E-state index contributed by atoms with van der Waals surface area (Å²) in [6.07, 6.45) is 5.25. The Morgan fingerprint density at radius 1 is 0.935 bits per heavy atom. The average molecular weight is 443 g/mol. The zero-order valence-corrected chi connectivity index (χ0v) is 18.1. The van der Waals surface area contributed by atoms with Crippen LogP contribution in [0.2, 0.25) is 0 Å². The molecule has 1 fully saturated rings. The second-order valence-electron chi connectivity index (χ2n) is 8.37. The molecule has 0 radical (unpaired) electrons. The molecule has 2 aromatic carbocycles. The van der Waals surface area contributed by atoms with Crippen molar-refractivity contribution in [3.63, 3.8) is 0 Å². The summed E-state index contributed by atoms with van der Waals surface area (Å²) in [4.78, 5) is 13.1. The highest BCUT2D eigenvalue weighted by atomic mass is 32.2. The first-order valence-corrected chi connectivity index (χ1v) is 12.3. The molecule has 5 rings (SSSR count). The van der Waals surface area contributed by atoms with E-state index >= 15 is 0 Å². The van der Waals surface area contributed by atoms with Crippen LogP contribution in [0.3, 0.4) is 0 Å². The number of sulfonamides is 1. The van der Waals surface area contributed by atoms with Crippen LogP contribution in [0.4, 0.5) is 5.69 Å². The summed E-state index contributed by atoms with van der Waals surface area (Å²) < 4.78 is 38.4. The van der Waals surface area contributed by atoms with Gasteiger partial charge in [-0.3, -0.25) is 4.79 Å². The Bertz CT molecular complexity index is 1110. The number of anilines is 1. The highest BCUT2D eigenvalue weighted by Crippen LogP contribution is 2.35. The van der Waals surface area contributed by atoms with Crippen molar-refractivity contribution in [2.75, 3.05) is 25.2 Å². The summed E-state index contributed by atoms with van der Waals surface area (Å²) in [5.74, 6) is 0.965. The Balaban J connectivity index is 1.22. The van der Waals surface area contributed by atoms with Gasteiger partial charge in [-0.25, -0.2) is 8.42 Å². The van der Waals surface area contributed by atoms with Gasteiger partial charge in [-0.2, -0.15) is 4.31 Å². The monoisotopic (exact) mass is 442 g/mol. The molecule has 2 heterocycles. The standard InChI is InChI=1S/C23H26N2O5S/c26-23(24-19-6-8-21-22(14-19)30-15-29-21)17-9-11-25(12-10-17)31(27,28)20-7-5-16-3-1-2-4-18(16)13-20/h5-8,13-14,17H,1-4,9-12,15H2,(H,24,26). The van der Waals surface area contributed by atoms with E-state index in [1.165, 1.54) is 16.3 Å². The van der Waals surface area contributed by atoms with E-state index in [-0.39, 0.29) is 18.6 Å². The van der Waals surface area contributed by atoms with Crippen LogP contribution >= 0.6 is 0 Å². The maximum absolute atomic E-state index is 13.1. The van der Waals surface area contributed by atoms with Gasteiger partial charge in [0.15, 0.2) is 11.5 Å². The van der Waals surface area contributed by atoms with Gasteiger partial charge < -0.3 is 14.8 Å². The second-order valence-corrected chi connectivity index (χ2v) is 10.3. The van der Waals surface area contributed by atoms with Gasteiger partial charge in [-0.1, -0.05) is 6.07 Å². The highest BCUT2D eigenvalue weighted by Gasteiger charge is 2.32. The number of hydrogen-bond donors (Lipinski definition) is 1. The summed E-state index contributed by atoms with van der Waals surface area (Å²) >= 11 is 0. The minimum atomic E-state index is -3.54. The molecular formula is C23H26N2O5S. The van der Waals surface area contributed by atoms with Gasteiger partial charge in [-0.05, 0) is 73.9 Å². The third kappa shape index (κ3) is 4.02. The molecule has 8 heteroatoms. The number of nitrogens with one attached hydrogen (secondary N) is 1. The quantitative estimate of drug-likeness (QED) is 0.785. The number of aryl methyl sites for hydroxylation is 2. The summed E-state index contributed by atoms with van der Waals surface area (Å²) in [5.41, 5.74) is 3.08. The number of nitrogens with zero attached hydrogens (tertiary/aromatic N) is 1. The Morgan fingerprint density at radius 2 is 1.68 bits per heavy atom. The van der Waals surface area contributed by atoms with E-state index < -0.39 is 10.0 Å². The normalized spacial score (nSPS) is 19.1. The lowest BCUT2D eigenvalue weighted by molar-refractivity contribution is -0.120. The molecule has 0 saturated carbocycles. The van der Waals surface area contributed by atoms with Gasteiger partial charge in [0.05, 0.1) is 4.90 Å². The molecule has 0 unspecified atom stereocenters. The number of amides is 1. The van der Waals surface area contributed by atoms with Gasteiger partial charge in [-0.15, -0.1) is 0 Å². The molecule has 7 nitrogen and oxygen atoms in total. The van der Waals surface area contributed by atoms with Crippen LogP contribution in [0.1, 0.15) is 36.8 Å². The zero-order valence-electron chi connectivity index (χ0n) is 17.3. The minimum absolute atomic E-state index is 0.0929. The van der Waals surface area contributed by atoms with E-state index in [1.807, 2.05) is 12.1 Å². The van der Waals surface area contributed by atoms with E-state index in [0.717, 1.165) is 24.8 Å². The molecule has 2 aliphatic heterocycles. The fourth-order valence-electron chi connectivity index (χ4n) is 4.60. The molecule has 0 atom stereocenters. The first-order valence-electron chi connectivity index (χ1n) is 10.8. The topological polar surface area (TPSA) is 84.9 Å². The minimum Gasteiger partial charge on any atom is -0.454 e. The average Bonchev–Trinajstić information content (AvgIpc) is 3.27. The largest absolute Gasteiger partial charge is 0.454 e. The van der Waals surface area contributed by atoms with Crippen molar-refractivity contribution >= 4 is 21.6 Å². The van der Waals surface area contributed by atoms with Crippen molar-refractivity contribution in [2.24, 2.45) is 5.92 Å². The fraction of sp³-hybridized carbons (Fsp3) is 0.435. The smallest absolute Gasteiger partial charge is 0.243 e. The maximum Gasteiger partial charge on any atom is 0.243 e. The van der Waals surface area contributed by atoms with Crippen LogP contribution in [0.15, 0.2) is 41.3 Å². The third-order valence-corrected chi connectivity index (χ3v) is 8.32. The summed E-state index contributed by atoms with van der Waals surface area (Å²) in [6.45, 7) is 0.876. The van der Waals surface area contributed by atoms with E-state index in [1.54, 1.807) is 24.3 Å². The molecule has 1 aliphatic carbocycles. The van der Waals surface area contributed by atoms with Crippen LogP contribution < -0.4 is 14.8 Å². The van der Waals surface area contributed by atoms with Gasteiger partial charge in [0.2, 0.25) is 22.7 Å². The second kappa shape index (κ2) is 8.16. The molecule has 2 aromatic rings. The van der Waals surface area contributed by atoms with E-state index in [0.29, 0.717) is 48.0 Å². The van der Waals surface area contributed by atoms with Crippen molar-refractivity contribution in [3.05, 3.63) is 47.5 Å². The van der Waals surface area contributed by atoms with Crippen molar-refractivity contribution in [1.82, 2.24) is 4.31 Å². The molecule has 164 valence electrons. The summed E-state index contributed by atoms with van der Waals surface area (Å²) in [7, 11) is -3.54. The van der Waals surface area contributed by atoms with E-state index in [4.69, 9.17) is 9.47 Å². The Kier molecular flexibility index (Phi) is 5.35. The number of fused-ring (bicyclic) bond motifs is 2. The number of carbonyl (C=O) groups excluding carboxylic acids is 1. The van der Waals surface area contributed by atoms with Gasteiger partial charge in [0.1, 0.15) is 0 Å². The van der Waals surface area contributed by atoms with Crippen LogP contribution in [-0.4, -0.2) is 38.5 Å². The molecule has 31 heavy (non-hydrogen) atoms. The maximum atomic E-state index is 13.1. The van der Waals surface area contributed by atoms with Crippen LogP contribution in [0.25, 0.3) is 0 Å². The molecule has 3 aliphatic rings. The summed E-state index contributed by atoms with van der Waals surface area (Å²) in [5, 5.41) is 2.92. The van der Waals surface area contributed by atoms with E-state index in [2.05, 4.69) is 5.32 Å². The van der Waals surface area contributed by atoms with E-state index in [9.17, 15) is 13.2 Å². The summed E-state index contributed by atoms with van der Waals surface area (Å²) in [6, 6.07) is 10.8. The molecule has 0 aromatic heterocycles.